The van der Waals surface area contributed by atoms with Crippen molar-refractivity contribution in [2.24, 2.45) is 0 Å². The fourth-order valence-electron chi connectivity index (χ4n) is 3.59. The van der Waals surface area contributed by atoms with Gasteiger partial charge in [-0.2, -0.15) is 0 Å². The Balaban J connectivity index is 1.57. The molecule has 164 valence electrons. The molecule has 5 nitrogen and oxygen atoms in total. The van der Waals surface area contributed by atoms with E-state index in [1.807, 2.05) is 37.3 Å². The highest BCUT2D eigenvalue weighted by molar-refractivity contribution is 6.30. The Hall–Kier alpha value is -3.02. The maximum atomic E-state index is 13.1. The summed E-state index contributed by atoms with van der Waals surface area (Å²) in [5, 5.41) is 4.12. The van der Waals surface area contributed by atoms with E-state index in [2.05, 4.69) is 5.32 Å². The minimum Gasteiger partial charge on any atom is -0.480 e. The second-order valence-electron chi connectivity index (χ2n) is 7.62. The third-order valence-corrected chi connectivity index (χ3v) is 5.80. The maximum absolute atomic E-state index is 13.1. The van der Waals surface area contributed by atoms with Gasteiger partial charge in [-0.3, -0.25) is 9.59 Å². The Morgan fingerprint density at radius 1 is 1.03 bits per heavy atom. The molecule has 0 spiro atoms. The molecule has 7 heteroatoms. The van der Waals surface area contributed by atoms with Gasteiger partial charge in [-0.1, -0.05) is 42.3 Å². The number of amides is 2. The van der Waals surface area contributed by atoms with Crippen LogP contribution >= 0.6 is 23.2 Å². The molecule has 0 aromatic heterocycles. The number of anilines is 1. The molecule has 0 aliphatic carbocycles. The molecule has 0 radical (unpaired) electrons. The van der Waals surface area contributed by atoms with Crippen molar-refractivity contribution in [1.82, 2.24) is 4.90 Å². The van der Waals surface area contributed by atoms with Gasteiger partial charge in [0.15, 0.2) is 6.10 Å². The molecule has 3 aromatic carbocycles. The van der Waals surface area contributed by atoms with E-state index in [0.29, 0.717) is 46.6 Å². The lowest BCUT2D eigenvalue weighted by atomic mass is 10.1. The number of hydrogen-bond donors (Lipinski definition) is 1. The van der Waals surface area contributed by atoms with Gasteiger partial charge in [0.2, 0.25) is 0 Å². The standard InChI is InChI=1S/C25H22Cl2N2O3/c1-2-22-25(31)29(14-16-3-7-19(26)8-4-16)15-18-13-21(11-12-23(18)32-22)28-24(30)17-5-9-20(27)10-6-17/h3-13,22H,2,14-15H2,1H3,(H,28,30). The highest BCUT2D eigenvalue weighted by atomic mass is 35.5. The predicted molar refractivity (Wildman–Crippen MR) is 126 cm³/mol. The molecule has 0 saturated heterocycles. The summed E-state index contributed by atoms with van der Waals surface area (Å²) >= 11 is 11.9. The van der Waals surface area contributed by atoms with E-state index in [4.69, 9.17) is 27.9 Å². The van der Waals surface area contributed by atoms with Crippen molar-refractivity contribution in [3.8, 4) is 5.75 Å². The van der Waals surface area contributed by atoms with Gasteiger partial charge in [0.05, 0.1) is 0 Å². The van der Waals surface area contributed by atoms with Gasteiger partial charge in [-0.15, -0.1) is 0 Å². The Bertz CT molecular complexity index is 1130. The summed E-state index contributed by atoms with van der Waals surface area (Å²) in [5.41, 5.74) is 2.94. The summed E-state index contributed by atoms with van der Waals surface area (Å²) in [6.07, 6.45) is 0.00261. The van der Waals surface area contributed by atoms with Crippen LogP contribution in [0, 0.1) is 0 Å². The molecule has 1 aliphatic heterocycles. The Labute approximate surface area is 196 Å². The van der Waals surface area contributed by atoms with Crippen molar-refractivity contribution < 1.29 is 14.3 Å². The molecule has 2 amide bonds. The van der Waals surface area contributed by atoms with Crippen molar-refractivity contribution in [3.63, 3.8) is 0 Å². The quantitative estimate of drug-likeness (QED) is 0.503. The fourth-order valence-corrected chi connectivity index (χ4v) is 3.85. The molecule has 1 aliphatic rings. The van der Waals surface area contributed by atoms with Crippen LogP contribution < -0.4 is 10.1 Å². The lowest BCUT2D eigenvalue weighted by Gasteiger charge is -2.23. The number of benzene rings is 3. The van der Waals surface area contributed by atoms with Gasteiger partial charge in [0.25, 0.3) is 11.8 Å². The third kappa shape index (κ3) is 5.06. The largest absolute Gasteiger partial charge is 0.480 e. The summed E-state index contributed by atoms with van der Waals surface area (Å²) in [4.78, 5) is 27.4. The third-order valence-electron chi connectivity index (χ3n) is 5.30. The second-order valence-corrected chi connectivity index (χ2v) is 8.49. The lowest BCUT2D eigenvalue weighted by molar-refractivity contribution is -0.139. The topological polar surface area (TPSA) is 58.6 Å². The first-order valence-electron chi connectivity index (χ1n) is 10.3. The molecule has 0 bridgehead atoms. The van der Waals surface area contributed by atoms with Gasteiger partial charge < -0.3 is 15.0 Å². The van der Waals surface area contributed by atoms with Crippen LogP contribution in [0.1, 0.15) is 34.8 Å². The molecule has 4 rings (SSSR count). The first kappa shape index (κ1) is 22.2. The Kier molecular flexibility index (Phi) is 6.68. The number of hydrogen-bond acceptors (Lipinski definition) is 3. The number of halogens is 2. The summed E-state index contributed by atoms with van der Waals surface area (Å²) < 4.78 is 6.02. The maximum Gasteiger partial charge on any atom is 0.264 e. The SMILES string of the molecule is CCC1Oc2ccc(NC(=O)c3ccc(Cl)cc3)cc2CN(Cc2ccc(Cl)cc2)C1=O. The average molecular weight is 469 g/mol. The number of ether oxygens (including phenoxy) is 1. The monoisotopic (exact) mass is 468 g/mol. The summed E-state index contributed by atoms with van der Waals surface area (Å²) in [6, 6.07) is 19.6. The molecule has 3 aromatic rings. The number of nitrogens with one attached hydrogen (secondary N) is 1. The molecule has 1 unspecified atom stereocenters. The van der Waals surface area contributed by atoms with E-state index in [-0.39, 0.29) is 11.8 Å². The van der Waals surface area contributed by atoms with E-state index >= 15 is 0 Å². The smallest absolute Gasteiger partial charge is 0.264 e. The lowest BCUT2D eigenvalue weighted by Crippen LogP contribution is -2.38. The Morgan fingerprint density at radius 3 is 2.34 bits per heavy atom. The zero-order valence-electron chi connectivity index (χ0n) is 17.5. The van der Waals surface area contributed by atoms with Crippen molar-refractivity contribution in [3.05, 3.63) is 93.5 Å². The van der Waals surface area contributed by atoms with Crippen LogP contribution in [0.25, 0.3) is 0 Å². The zero-order valence-corrected chi connectivity index (χ0v) is 19.0. The molecule has 32 heavy (non-hydrogen) atoms. The second kappa shape index (κ2) is 9.63. The minimum absolute atomic E-state index is 0.0644. The fraction of sp³-hybridized carbons (Fsp3) is 0.200. The first-order chi connectivity index (χ1) is 15.4. The van der Waals surface area contributed by atoms with Crippen molar-refractivity contribution in [2.75, 3.05) is 5.32 Å². The van der Waals surface area contributed by atoms with Gasteiger partial charge in [0.1, 0.15) is 5.75 Å². The molecule has 1 atom stereocenters. The first-order valence-corrected chi connectivity index (χ1v) is 11.1. The summed E-state index contributed by atoms with van der Waals surface area (Å²) in [5.74, 6) is 0.343. The van der Waals surface area contributed by atoms with E-state index in [1.165, 1.54) is 0 Å². The minimum atomic E-state index is -0.557. The number of nitrogens with zero attached hydrogens (tertiary/aromatic N) is 1. The molecular weight excluding hydrogens is 447 g/mol. The van der Waals surface area contributed by atoms with Crippen LogP contribution in [0.4, 0.5) is 5.69 Å². The van der Waals surface area contributed by atoms with Crippen LogP contribution in [0.2, 0.25) is 10.0 Å². The number of rotatable bonds is 5. The molecule has 0 fully saturated rings. The van der Waals surface area contributed by atoms with E-state index < -0.39 is 6.10 Å². The van der Waals surface area contributed by atoms with Crippen LogP contribution in [-0.4, -0.2) is 22.8 Å². The van der Waals surface area contributed by atoms with Crippen LogP contribution in [0.5, 0.6) is 5.75 Å². The highest BCUT2D eigenvalue weighted by Gasteiger charge is 2.30. The van der Waals surface area contributed by atoms with Crippen molar-refractivity contribution in [1.29, 1.82) is 0 Å². The van der Waals surface area contributed by atoms with Gasteiger partial charge in [0, 0.05) is 39.9 Å². The van der Waals surface area contributed by atoms with Crippen molar-refractivity contribution in [2.45, 2.75) is 32.5 Å². The predicted octanol–water partition coefficient (Wildman–Crippen LogP) is 5.95. The molecular formula is C25H22Cl2N2O3. The van der Waals surface area contributed by atoms with Gasteiger partial charge in [-0.25, -0.2) is 0 Å². The van der Waals surface area contributed by atoms with Crippen molar-refractivity contribution >= 4 is 40.7 Å². The molecule has 1 N–H and O–H groups in total. The normalized spacial score (nSPS) is 15.5. The van der Waals surface area contributed by atoms with Gasteiger partial charge in [-0.05, 0) is 66.6 Å². The zero-order chi connectivity index (χ0) is 22.7. The molecule has 0 saturated carbocycles. The van der Waals surface area contributed by atoms with Crippen LogP contribution in [0.15, 0.2) is 66.7 Å². The van der Waals surface area contributed by atoms with Crippen LogP contribution in [0.3, 0.4) is 0 Å². The molecule has 1 heterocycles. The number of fused-ring (bicyclic) bond motifs is 1. The van der Waals surface area contributed by atoms with Gasteiger partial charge >= 0.3 is 0 Å². The van der Waals surface area contributed by atoms with E-state index in [0.717, 1.165) is 11.1 Å². The highest BCUT2D eigenvalue weighted by Crippen LogP contribution is 2.30. The van der Waals surface area contributed by atoms with E-state index in [9.17, 15) is 9.59 Å². The summed E-state index contributed by atoms with van der Waals surface area (Å²) in [7, 11) is 0. The van der Waals surface area contributed by atoms with E-state index in [1.54, 1.807) is 41.3 Å². The van der Waals surface area contributed by atoms with Crippen LogP contribution in [-0.2, 0) is 17.9 Å². The summed E-state index contributed by atoms with van der Waals surface area (Å²) in [6.45, 7) is 2.74. The average Bonchev–Trinajstić information content (AvgIpc) is 2.92. The number of carbonyl (C=O) groups is 2. The Morgan fingerprint density at radius 2 is 1.69 bits per heavy atom. The number of carbonyl (C=O) groups excluding carboxylic acids is 2.